The molecule has 0 radical (unpaired) electrons. The van der Waals surface area contributed by atoms with Gasteiger partial charge in [-0.05, 0) is 44.6 Å². The van der Waals surface area contributed by atoms with Crippen LogP contribution in [0.25, 0.3) is 0 Å². The largest absolute Gasteiger partial charge is 0.461 e. The number of thiophene rings is 1. The van der Waals surface area contributed by atoms with E-state index in [0.717, 1.165) is 23.5 Å². The van der Waals surface area contributed by atoms with Gasteiger partial charge in [0.25, 0.3) is 5.91 Å². The second kappa shape index (κ2) is 9.50. The van der Waals surface area contributed by atoms with Crippen LogP contribution in [0.3, 0.4) is 0 Å². The summed E-state index contributed by atoms with van der Waals surface area (Å²) in [4.78, 5) is 28.2. The third-order valence-electron chi connectivity index (χ3n) is 4.39. The van der Waals surface area contributed by atoms with E-state index in [1.165, 1.54) is 11.3 Å². The van der Waals surface area contributed by atoms with E-state index in [9.17, 15) is 9.59 Å². The molecule has 0 saturated heterocycles. The molecule has 0 bridgehead atoms. The van der Waals surface area contributed by atoms with Crippen LogP contribution in [0.5, 0.6) is 0 Å². The second-order valence-corrected chi connectivity index (χ2v) is 7.20. The van der Waals surface area contributed by atoms with Crippen LogP contribution in [-0.2, 0) is 4.74 Å². The number of aryl methyl sites for hydroxylation is 1. The topological polar surface area (TPSA) is 58.6 Å². The summed E-state index contributed by atoms with van der Waals surface area (Å²) in [5.74, 6) is -0.619. The van der Waals surface area contributed by atoms with Crippen molar-refractivity contribution in [2.75, 3.05) is 31.6 Å². The predicted molar refractivity (Wildman–Crippen MR) is 106 cm³/mol. The first kappa shape index (κ1) is 20.1. The minimum absolute atomic E-state index is 0.232. The molecule has 0 unspecified atom stereocenters. The number of hydrogen-bond donors (Lipinski definition) is 1. The van der Waals surface area contributed by atoms with Gasteiger partial charge < -0.3 is 15.0 Å². The van der Waals surface area contributed by atoms with Crippen molar-refractivity contribution in [2.45, 2.75) is 27.7 Å². The Hall–Kier alpha value is -2.18. The molecular weight excluding hydrogens is 348 g/mol. The van der Waals surface area contributed by atoms with Crippen LogP contribution in [0.2, 0.25) is 0 Å². The summed E-state index contributed by atoms with van der Waals surface area (Å²) in [6.45, 7) is 10.8. The molecule has 0 saturated carbocycles. The first-order valence-corrected chi connectivity index (χ1v) is 9.65. The Labute approximate surface area is 159 Å². The molecule has 2 rings (SSSR count). The number of anilines is 1. The Morgan fingerprint density at radius 2 is 1.77 bits per heavy atom. The number of amides is 1. The molecule has 1 amide bonds. The molecule has 1 aromatic heterocycles. The number of carbonyl (C=O) groups excluding carboxylic acids is 2. The molecule has 2 aromatic rings. The number of hydrogen-bond acceptors (Lipinski definition) is 5. The minimum Gasteiger partial charge on any atom is -0.461 e. The fourth-order valence-corrected chi connectivity index (χ4v) is 3.65. The van der Waals surface area contributed by atoms with Crippen molar-refractivity contribution in [1.29, 1.82) is 0 Å². The van der Waals surface area contributed by atoms with E-state index in [1.54, 1.807) is 12.1 Å². The van der Waals surface area contributed by atoms with Gasteiger partial charge in [0.15, 0.2) is 0 Å². The van der Waals surface area contributed by atoms with Crippen LogP contribution in [0.1, 0.15) is 45.0 Å². The highest BCUT2D eigenvalue weighted by atomic mass is 32.1. The average Bonchev–Trinajstić information content (AvgIpc) is 2.93. The molecule has 1 heterocycles. The van der Waals surface area contributed by atoms with Crippen LogP contribution >= 0.6 is 11.3 Å². The SMILES string of the molecule is CCN(CC)CCOC(=O)c1c(NC(=O)c2ccccc2)sc(C)c1C. The van der Waals surface area contributed by atoms with Gasteiger partial charge in [0.05, 0.1) is 5.56 Å². The third kappa shape index (κ3) is 4.93. The number of carbonyl (C=O) groups is 2. The molecule has 0 spiro atoms. The third-order valence-corrected chi connectivity index (χ3v) is 5.51. The van der Waals surface area contributed by atoms with Crippen molar-refractivity contribution >= 4 is 28.2 Å². The van der Waals surface area contributed by atoms with Crippen LogP contribution in [0.4, 0.5) is 5.00 Å². The van der Waals surface area contributed by atoms with Crippen molar-refractivity contribution in [3.05, 3.63) is 51.9 Å². The van der Waals surface area contributed by atoms with Gasteiger partial charge in [-0.15, -0.1) is 11.3 Å². The molecule has 5 nitrogen and oxygen atoms in total. The summed E-state index contributed by atoms with van der Waals surface area (Å²) in [5.41, 5.74) is 1.86. The van der Waals surface area contributed by atoms with Crippen molar-refractivity contribution < 1.29 is 14.3 Å². The van der Waals surface area contributed by atoms with E-state index in [0.29, 0.717) is 29.3 Å². The highest BCUT2D eigenvalue weighted by Crippen LogP contribution is 2.33. The predicted octanol–water partition coefficient (Wildman–Crippen LogP) is 4.12. The highest BCUT2D eigenvalue weighted by Gasteiger charge is 2.22. The van der Waals surface area contributed by atoms with Crippen LogP contribution < -0.4 is 5.32 Å². The average molecular weight is 375 g/mol. The second-order valence-electron chi connectivity index (χ2n) is 5.97. The zero-order valence-corrected chi connectivity index (χ0v) is 16.6. The normalized spacial score (nSPS) is 10.8. The fourth-order valence-electron chi connectivity index (χ4n) is 2.61. The maximum Gasteiger partial charge on any atom is 0.341 e. The highest BCUT2D eigenvalue weighted by molar-refractivity contribution is 7.16. The monoisotopic (exact) mass is 374 g/mol. The van der Waals surface area contributed by atoms with E-state index in [-0.39, 0.29) is 11.9 Å². The summed E-state index contributed by atoms with van der Waals surface area (Å²) < 4.78 is 5.46. The molecule has 26 heavy (non-hydrogen) atoms. The van der Waals surface area contributed by atoms with Crippen molar-refractivity contribution in [3.8, 4) is 0 Å². The summed E-state index contributed by atoms with van der Waals surface area (Å²) in [6, 6.07) is 8.95. The Morgan fingerprint density at radius 3 is 2.38 bits per heavy atom. The van der Waals surface area contributed by atoms with Gasteiger partial charge >= 0.3 is 5.97 Å². The molecule has 0 fully saturated rings. The number of benzene rings is 1. The molecule has 0 aliphatic heterocycles. The Bertz CT molecular complexity index is 752. The van der Waals surface area contributed by atoms with Gasteiger partial charge in [-0.25, -0.2) is 4.79 Å². The van der Waals surface area contributed by atoms with Crippen LogP contribution in [-0.4, -0.2) is 43.0 Å². The van der Waals surface area contributed by atoms with Crippen LogP contribution in [0.15, 0.2) is 30.3 Å². The minimum atomic E-state index is -0.387. The van der Waals surface area contributed by atoms with Gasteiger partial charge in [0.1, 0.15) is 11.6 Å². The molecule has 6 heteroatoms. The van der Waals surface area contributed by atoms with Crippen molar-refractivity contribution in [1.82, 2.24) is 4.90 Å². The van der Waals surface area contributed by atoms with E-state index in [2.05, 4.69) is 24.1 Å². The smallest absolute Gasteiger partial charge is 0.341 e. The quantitative estimate of drug-likeness (QED) is 0.706. The zero-order chi connectivity index (χ0) is 19.1. The standard InChI is InChI=1S/C20H26N2O3S/c1-5-22(6-2)12-13-25-20(24)17-14(3)15(4)26-19(17)21-18(23)16-10-8-7-9-11-16/h7-11H,5-6,12-13H2,1-4H3,(H,21,23). The van der Waals surface area contributed by atoms with Crippen molar-refractivity contribution in [2.24, 2.45) is 0 Å². The molecule has 140 valence electrons. The van der Waals surface area contributed by atoms with Gasteiger partial charge in [-0.2, -0.15) is 0 Å². The Kier molecular flexibility index (Phi) is 7.36. The van der Waals surface area contributed by atoms with Gasteiger partial charge in [0, 0.05) is 17.0 Å². The number of ether oxygens (including phenoxy) is 1. The van der Waals surface area contributed by atoms with E-state index in [4.69, 9.17) is 4.74 Å². The number of nitrogens with zero attached hydrogens (tertiary/aromatic N) is 1. The first-order chi connectivity index (χ1) is 12.5. The van der Waals surface area contributed by atoms with Gasteiger partial charge in [-0.1, -0.05) is 32.0 Å². The van der Waals surface area contributed by atoms with Crippen molar-refractivity contribution in [3.63, 3.8) is 0 Å². The number of rotatable bonds is 8. The first-order valence-electron chi connectivity index (χ1n) is 8.83. The van der Waals surface area contributed by atoms with Crippen LogP contribution in [0, 0.1) is 13.8 Å². The maximum absolute atomic E-state index is 12.6. The zero-order valence-electron chi connectivity index (χ0n) is 15.8. The lowest BCUT2D eigenvalue weighted by molar-refractivity contribution is 0.0467. The molecule has 0 aliphatic rings. The number of nitrogens with one attached hydrogen (secondary N) is 1. The molecular formula is C20H26N2O3S. The lowest BCUT2D eigenvalue weighted by Gasteiger charge is -2.17. The Morgan fingerprint density at radius 1 is 1.12 bits per heavy atom. The van der Waals surface area contributed by atoms with Gasteiger partial charge in [-0.3, -0.25) is 4.79 Å². The van der Waals surface area contributed by atoms with E-state index < -0.39 is 0 Å². The maximum atomic E-state index is 12.6. The van der Waals surface area contributed by atoms with E-state index in [1.807, 2.05) is 32.0 Å². The molecule has 0 aliphatic carbocycles. The molecule has 0 atom stereocenters. The van der Waals surface area contributed by atoms with Gasteiger partial charge in [0.2, 0.25) is 0 Å². The van der Waals surface area contributed by atoms with E-state index >= 15 is 0 Å². The Balaban J connectivity index is 2.11. The molecule has 1 aromatic carbocycles. The summed E-state index contributed by atoms with van der Waals surface area (Å²) >= 11 is 1.40. The lowest BCUT2D eigenvalue weighted by atomic mass is 10.1. The number of likely N-dealkylation sites (N-methyl/N-ethyl adjacent to an activating group) is 1. The summed E-state index contributed by atoms with van der Waals surface area (Å²) in [6.07, 6.45) is 0. The summed E-state index contributed by atoms with van der Waals surface area (Å²) in [5, 5.41) is 3.40. The fraction of sp³-hybridized carbons (Fsp3) is 0.400. The number of esters is 1. The molecule has 1 N–H and O–H groups in total. The summed E-state index contributed by atoms with van der Waals surface area (Å²) in [7, 11) is 0. The lowest BCUT2D eigenvalue weighted by Crippen LogP contribution is -2.28.